The second-order valence-electron chi connectivity index (χ2n) is 4.73. The van der Waals surface area contributed by atoms with Gasteiger partial charge >= 0.3 is 0 Å². The minimum atomic E-state index is -0.0941. The highest BCUT2D eigenvalue weighted by Crippen LogP contribution is 2.14. The molecule has 0 radical (unpaired) electrons. The van der Waals surface area contributed by atoms with Crippen molar-refractivity contribution in [3.63, 3.8) is 0 Å². The Kier molecular flexibility index (Phi) is 6.77. The maximum atomic E-state index is 12.2. The van der Waals surface area contributed by atoms with Crippen LogP contribution in [0, 0.1) is 18.3 Å². The molecule has 0 aromatic rings. The van der Waals surface area contributed by atoms with Gasteiger partial charge in [-0.25, -0.2) is 0 Å². The molecular weight excluding hydrogens is 228 g/mol. The second-order valence-corrected chi connectivity index (χ2v) is 4.73. The van der Waals surface area contributed by atoms with E-state index in [1.807, 2.05) is 6.92 Å². The molecule has 2 N–H and O–H groups in total. The summed E-state index contributed by atoms with van der Waals surface area (Å²) in [4.78, 5) is 12.2. The van der Waals surface area contributed by atoms with E-state index >= 15 is 0 Å². The first-order valence-electron chi connectivity index (χ1n) is 6.77. The van der Waals surface area contributed by atoms with Crippen molar-refractivity contribution in [1.29, 1.82) is 0 Å². The van der Waals surface area contributed by atoms with Gasteiger partial charge in [-0.05, 0) is 19.4 Å². The minimum absolute atomic E-state index is 0.0585. The zero-order valence-electron chi connectivity index (χ0n) is 11.4. The van der Waals surface area contributed by atoms with Crippen molar-refractivity contribution in [2.75, 3.05) is 19.8 Å². The van der Waals surface area contributed by atoms with Crippen molar-refractivity contribution < 1.29 is 9.53 Å². The zero-order chi connectivity index (χ0) is 13.4. The van der Waals surface area contributed by atoms with E-state index in [9.17, 15) is 4.79 Å². The minimum Gasteiger partial charge on any atom is -0.379 e. The topological polar surface area (TPSA) is 50.4 Å². The molecule has 1 aliphatic rings. The molecule has 0 aromatic carbocycles. The number of terminal acetylenes is 1. The van der Waals surface area contributed by atoms with Gasteiger partial charge in [0.1, 0.15) is 0 Å². The van der Waals surface area contributed by atoms with E-state index in [0.29, 0.717) is 19.6 Å². The van der Waals surface area contributed by atoms with Gasteiger partial charge in [0.25, 0.3) is 0 Å². The molecule has 4 nitrogen and oxygen atoms in total. The lowest BCUT2D eigenvalue weighted by molar-refractivity contribution is -0.126. The van der Waals surface area contributed by atoms with E-state index in [1.54, 1.807) is 0 Å². The van der Waals surface area contributed by atoms with Crippen LogP contribution in [0.1, 0.15) is 33.1 Å². The summed E-state index contributed by atoms with van der Waals surface area (Å²) in [7, 11) is 0. The lowest BCUT2D eigenvalue weighted by atomic mass is 10.0. The van der Waals surface area contributed by atoms with Gasteiger partial charge in [0, 0.05) is 18.5 Å². The van der Waals surface area contributed by atoms with Crippen LogP contribution < -0.4 is 10.6 Å². The molecule has 18 heavy (non-hydrogen) atoms. The quantitative estimate of drug-likeness (QED) is 0.662. The van der Waals surface area contributed by atoms with Gasteiger partial charge < -0.3 is 15.4 Å². The van der Waals surface area contributed by atoms with E-state index in [4.69, 9.17) is 11.2 Å². The molecule has 3 atom stereocenters. The number of nitrogens with one attached hydrogen (secondary N) is 2. The normalized spacial score (nSPS) is 24.5. The van der Waals surface area contributed by atoms with Gasteiger partial charge in [0.2, 0.25) is 5.91 Å². The van der Waals surface area contributed by atoms with Crippen LogP contribution in [0.25, 0.3) is 0 Å². The average Bonchev–Trinajstić information content (AvgIpc) is 2.84. The van der Waals surface area contributed by atoms with Crippen LogP contribution >= 0.6 is 0 Å². The highest BCUT2D eigenvalue weighted by molar-refractivity contribution is 5.80. The summed E-state index contributed by atoms with van der Waals surface area (Å²) in [6.07, 6.45) is 7.79. The molecule has 102 valence electrons. The lowest BCUT2D eigenvalue weighted by Gasteiger charge is -2.21. The van der Waals surface area contributed by atoms with Gasteiger partial charge in [-0.1, -0.05) is 13.8 Å². The Morgan fingerprint density at radius 3 is 2.89 bits per heavy atom. The molecule has 1 fully saturated rings. The van der Waals surface area contributed by atoms with Gasteiger partial charge in [-0.15, -0.1) is 12.3 Å². The number of rotatable bonds is 7. The first-order chi connectivity index (χ1) is 8.72. The SMILES string of the molecule is C#CCC(CC)NC(=O)C1COCC1NCCC. The smallest absolute Gasteiger partial charge is 0.227 e. The van der Waals surface area contributed by atoms with Gasteiger partial charge in [-0.3, -0.25) is 4.79 Å². The van der Waals surface area contributed by atoms with Crippen molar-refractivity contribution in [3.05, 3.63) is 0 Å². The summed E-state index contributed by atoms with van der Waals surface area (Å²) in [5.41, 5.74) is 0. The number of carbonyl (C=O) groups is 1. The Balaban J connectivity index is 2.46. The lowest BCUT2D eigenvalue weighted by Crippen LogP contribution is -2.46. The monoisotopic (exact) mass is 252 g/mol. The zero-order valence-corrected chi connectivity index (χ0v) is 11.4. The molecule has 4 heteroatoms. The van der Waals surface area contributed by atoms with Crippen LogP contribution in [0.4, 0.5) is 0 Å². The van der Waals surface area contributed by atoms with E-state index < -0.39 is 0 Å². The first kappa shape index (κ1) is 15.0. The predicted molar refractivity (Wildman–Crippen MR) is 72.1 cm³/mol. The van der Waals surface area contributed by atoms with Crippen molar-refractivity contribution in [2.45, 2.75) is 45.2 Å². The summed E-state index contributed by atoms with van der Waals surface area (Å²) in [6, 6.07) is 0.211. The molecule has 1 heterocycles. The summed E-state index contributed by atoms with van der Waals surface area (Å²) in [6.45, 7) is 6.17. The Bertz CT molecular complexity index is 299. The molecule has 1 aliphatic heterocycles. The van der Waals surface area contributed by atoms with Gasteiger partial charge in [0.05, 0.1) is 19.1 Å². The fourth-order valence-corrected chi connectivity index (χ4v) is 2.09. The van der Waals surface area contributed by atoms with Crippen LogP contribution in [0.15, 0.2) is 0 Å². The molecule has 1 rings (SSSR count). The third-order valence-corrected chi connectivity index (χ3v) is 3.28. The highest BCUT2D eigenvalue weighted by atomic mass is 16.5. The fourth-order valence-electron chi connectivity index (χ4n) is 2.09. The largest absolute Gasteiger partial charge is 0.379 e. The number of amides is 1. The maximum Gasteiger partial charge on any atom is 0.227 e. The van der Waals surface area contributed by atoms with Crippen LogP contribution in [0.3, 0.4) is 0 Å². The van der Waals surface area contributed by atoms with Crippen LogP contribution in [0.5, 0.6) is 0 Å². The van der Waals surface area contributed by atoms with Crippen LogP contribution in [-0.2, 0) is 9.53 Å². The molecule has 0 bridgehead atoms. The predicted octanol–water partition coefficient (Wildman–Crippen LogP) is 0.919. The highest BCUT2D eigenvalue weighted by Gasteiger charge is 2.34. The van der Waals surface area contributed by atoms with Crippen LogP contribution in [0.2, 0.25) is 0 Å². The third-order valence-electron chi connectivity index (χ3n) is 3.28. The molecule has 3 unspecified atom stereocenters. The van der Waals surface area contributed by atoms with Crippen LogP contribution in [-0.4, -0.2) is 37.7 Å². The molecule has 0 spiro atoms. The Hall–Kier alpha value is -1.05. The average molecular weight is 252 g/mol. The van der Waals surface area contributed by atoms with Gasteiger partial charge in [0.15, 0.2) is 0 Å². The van der Waals surface area contributed by atoms with Crippen molar-refractivity contribution in [2.24, 2.45) is 5.92 Å². The summed E-state index contributed by atoms with van der Waals surface area (Å²) < 4.78 is 5.40. The van der Waals surface area contributed by atoms with E-state index in [1.165, 1.54) is 0 Å². The number of hydrogen-bond donors (Lipinski definition) is 2. The van der Waals surface area contributed by atoms with E-state index in [-0.39, 0.29) is 23.9 Å². The van der Waals surface area contributed by atoms with E-state index in [2.05, 4.69) is 23.5 Å². The van der Waals surface area contributed by atoms with Crippen molar-refractivity contribution >= 4 is 5.91 Å². The summed E-state index contributed by atoms with van der Waals surface area (Å²) in [5, 5.41) is 6.37. The molecule has 1 saturated heterocycles. The Labute approximate surface area is 110 Å². The molecule has 0 aliphatic carbocycles. The summed E-state index contributed by atoms with van der Waals surface area (Å²) in [5.74, 6) is 2.56. The first-order valence-corrected chi connectivity index (χ1v) is 6.77. The second kappa shape index (κ2) is 8.12. The molecule has 0 aromatic heterocycles. The van der Waals surface area contributed by atoms with Crippen molar-refractivity contribution in [1.82, 2.24) is 10.6 Å². The molecule has 1 amide bonds. The van der Waals surface area contributed by atoms with Gasteiger partial charge in [-0.2, -0.15) is 0 Å². The fraction of sp³-hybridized carbons (Fsp3) is 0.786. The molecule has 0 saturated carbocycles. The number of ether oxygens (including phenoxy) is 1. The molecular formula is C14H24N2O2. The standard InChI is InChI=1S/C14H24N2O2/c1-4-7-11(6-3)16-14(17)12-9-18-10-13(12)15-8-5-2/h1,11-13,15H,5-10H2,2-3H3,(H,16,17). The number of carbonyl (C=O) groups excluding carboxylic acids is 1. The van der Waals surface area contributed by atoms with Crippen molar-refractivity contribution in [3.8, 4) is 12.3 Å². The maximum absolute atomic E-state index is 12.2. The number of hydrogen-bond acceptors (Lipinski definition) is 3. The Morgan fingerprint density at radius 1 is 1.50 bits per heavy atom. The third kappa shape index (κ3) is 4.32. The summed E-state index contributed by atoms with van der Waals surface area (Å²) >= 11 is 0. The Morgan fingerprint density at radius 2 is 2.28 bits per heavy atom. The van der Waals surface area contributed by atoms with E-state index in [0.717, 1.165) is 19.4 Å².